The van der Waals surface area contributed by atoms with Crippen LogP contribution in [0.1, 0.15) is 43.6 Å². The normalized spacial score (nSPS) is 12.1. The second-order valence-electron chi connectivity index (χ2n) is 6.43. The minimum atomic E-state index is -0.662. The number of fused-ring (bicyclic) bond motifs is 1. The van der Waals surface area contributed by atoms with Crippen LogP contribution in [0.15, 0.2) is 57.5 Å². The van der Waals surface area contributed by atoms with Gasteiger partial charge in [0.2, 0.25) is 0 Å². The molecular weight excluding hydrogens is 358 g/mol. The topological polar surface area (TPSA) is 94.5 Å². The molecule has 0 saturated heterocycles. The first-order chi connectivity index (χ1) is 13.0. The van der Waals surface area contributed by atoms with E-state index in [-0.39, 0.29) is 10.8 Å². The van der Waals surface area contributed by atoms with Gasteiger partial charge in [-0.1, -0.05) is 80.1 Å². The van der Waals surface area contributed by atoms with Gasteiger partial charge in [-0.3, -0.25) is 4.79 Å². The number of azide groups is 1. The Labute approximate surface area is 161 Å². The van der Waals surface area contributed by atoms with Crippen LogP contribution in [0.3, 0.4) is 0 Å². The van der Waals surface area contributed by atoms with E-state index in [0.717, 1.165) is 16.3 Å². The lowest BCUT2D eigenvalue weighted by molar-refractivity contribution is 0.745. The molecule has 0 fully saturated rings. The number of H-pyrrole nitrogens is 1. The van der Waals surface area contributed by atoms with E-state index in [9.17, 15) is 10.3 Å². The molecule has 3 aromatic rings. The van der Waals surface area contributed by atoms with Gasteiger partial charge in [-0.25, -0.2) is 4.98 Å². The number of hydrogen-bond donors (Lipinski definition) is 1. The van der Waals surface area contributed by atoms with E-state index in [1.807, 2.05) is 63.2 Å². The van der Waals surface area contributed by atoms with Crippen molar-refractivity contribution >= 4 is 22.5 Å². The number of aromatic amines is 1. The zero-order chi connectivity index (χ0) is 19.4. The summed E-state index contributed by atoms with van der Waals surface area (Å²) in [6.45, 7) is 5.97. The van der Waals surface area contributed by atoms with Gasteiger partial charge in [0.1, 0.15) is 6.04 Å². The number of aromatic nitrogens is 2. The summed E-state index contributed by atoms with van der Waals surface area (Å²) in [6, 6.07) is 13.1. The van der Waals surface area contributed by atoms with Crippen molar-refractivity contribution in [3.8, 4) is 0 Å². The zero-order valence-corrected chi connectivity index (χ0v) is 16.3. The van der Waals surface area contributed by atoms with Gasteiger partial charge in [-0.15, -0.1) is 0 Å². The maximum atomic E-state index is 12.6. The molecule has 1 heterocycles. The van der Waals surface area contributed by atoms with Crippen molar-refractivity contribution in [1.82, 2.24) is 9.97 Å². The Bertz CT molecular complexity index is 1060. The summed E-state index contributed by atoms with van der Waals surface area (Å²) in [7, 11) is 0. The van der Waals surface area contributed by atoms with Crippen LogP contribution in [0.2, 0.25) is 0 Å². The minimum absolute atomic E-state index is 0.177. The van der Waals surface area contributed by atoms with Crippen LogP contribution in [0, 0.1) is 0 Å². The number of benzene rings is 2. The molecule has 1 unspecified atom stereocenters. The van der Waals surface area contributed by atoms with Crippen molar-refractivity contribution < 1.29 is 0 Å². The standard InChI is InChI=1S/C20H21N5OS/c1-4-14-17(22-20(23-19(14)26)27-12(2)3)18(24-25-21)16-11-7-9-13-8-5-6-10-15(13)16/h5-12,18H,4H2,1-3H3,(H,22,23,26). The van der Waals surface area contributed by atoms with E-state index in [0.29, 0.717) is 22.8 Å². The predicted molar refractivity (Wildman–Crippen MR) is 110 cm³/mol. The fourth-order valence-electron chi connectivity index (χ4n) is 3.15. The summed E-state index contributed by atoms with van der Waals surface area (Å²) in [6.07, 6.45) is 0.506. The van der Waals surface area contributed by atoms with Crippen molar-refractivity contribution in [1.29, 1.82) is 0 Å². The molecule has 0 amide bonds. The Morgan fingerprint density at radius 1 is 1.22 bits per heavy atom. The third-order valence-electron chi connectivity index (χ3n) is 4.27. The van der Waals surface area contributed by atoms with E-state index in [1.54, 1.807) is 0 Å². The van der Waals surface area contributed by atoms with Gasteiger partial charge >= 0.3 is 0 Å². The third-order valence-corrected chi connectivity index (χ3v) is 5.16. The van der Waals surface area contributed by atoms with Crippen molar-refractivity contribution in [2.45, 2.75) is 43.6 Å². The lowest BCUT2D eigenvalue weighted by Gasteiger charge is -2.18. The first-order valence-electron chi connectivity index (χ1n) is 8.86. The highest BCUT2D eigenvalue weighted by Gasteiger charge is 2.22. The quantitative estimate of drug-likeness (QED) is 0.205. The van der Waals surface area contributed by atoms with Crippen LogP contribution in [0.5, 0.6) is 0 Å². The van der Waals surface area contributed by atoms with Crippen molar-refractivity contribution in [3.63, 3.8) is 0 Å². The van der Waals surface area contributed by atoms with E-state index >= 15 is 0 Å². The van der Waals surface area contributed by atoms with Gasteiger partial charge in [0, 0.05) is 15.7 Å². The summed E-state index contributed by atoms with van der Waals surface area (Å²) in [5.41, 5.74) is 11.0. The highest BCUT2D eigenvalue weighted by Crippen LogP contribution is 2.33. The average Bonchev–Trinajstić information content (AvgIpc) is 2.65. The molecule has 0 bridgehead atoms. The predicted octanol–water partition coefficient (Wildman–Crippen LogP) is 5.39. The molecule has 27 heavy (non-hydrogen) atoms. The second kappa shape index (κ2) is 8.29. The molecule has 0 aliphatic carbocycles. The van der Waals surface area contributed by atoms with Gasteiger partial charge in [0.15, 0.2) is 5.16 Å². The van der Waals surface area contributed by atoms with Gasteiger partial charge in [-0.2, -0.15) is 0 Å². The smallest absolute Gasteiger partial charge is 0.254 e. The van der Waals surface area contributed by atoms with E-state index in [4.69, 9.17) is 0 Å². The minimum Gasteiger partial charge on any atom is -0.301 e. The van der Waals surface area contributed by atoms with E-state index in [1.165, 1.54) is 11.8 Å². The average molecular weight is 379 g/mol. The fraction of sp³-hybridized carbons (Fsp3) is 0.300. The van der Waals surface area contributed by atoms with Crippen molar-refractivity contribution in [2.24, 2.45) is 5.11 Å². The summed E-state index contributed by atoms with van der Waals surface area (Å²) in [5.74, 6) is 0. The molecule has 1 atom stereocenters. The molecule has 3 rings (SSSR count). The maximum Gasteiger partial charge on any atom is 0.254 e. The molecule has 138 valence electrons. The summed E-state index contributed by atoms with van der Waals surface area (Å²) >= 11 is 1.48. The van der Waals surface area contributed by atoms with Crippen LogP contribution < -0.4 is 5.56 Å². The first kappa shape index (κ1) is 19.0. The number of hydrogen-bond acceptors (Lipinski definition) is 4. The highest BCUT2D eigenvalue weighted by atomic mass is 32.2. The lowest BCUT2D eigenvalue weighted by Crippen LogP contribution is -2.20. The Hall–Kier alpha value is -2.76. The summed E-state index contributed by atoms with van der Waals surface area (Å²) in [4.78, 5) is 23.2. The molecule has 1 N–H and O–H groups in total. The second-order valence-corrected chi connectivity index (χ2v) is 8.00. The van der Waals surface area contributed by atoms with Crippen molar-refractivity contribution in [2.75, 3.05) is 0 Å². The van der Waals surface area contributed by atoms with Crippen LogP contribution in [-0.4, -0.2) is 15.2 Å². The molecule has 7 heteroatoms. The van der Waals surface area contributed by atoms with Crippen LogP contribution in [0.4, 0.5) is 0 Å². The van der Waals surface area contributed by atoms with Gasteiger partial charge in [0.05, 0.1) is 5.69 Å². The Kier molecular flexibility index (Phi) is 5.84. The van der Waals surface area contributed by atoms with Gasteiger partial charge in [-0.05, 0) is 28.3 Å². The van der Waals surface area contributed by atoms with E-state index in [2.05, 4.69) is 20.0 Å². The van der Waals surface area contributed by atoms with Gasteiger partial charge in [0.25, 0.3) is 5.56 Å². The molecule has 2 aromatic carbocycles. The molecule has 0 radical (unpaired) electrons. The molecule has 0 saturated carbocycles. The Morgan fingerprint density at radius 2 is 1.96 bits per heavy atom. The van der Waals surface area contributed by atoms with Crippen LogP contribution in [0.25, 0.3) is 21.2 Å². The maximum absolute atomic E-state index is 12.6. The van der Waals surface area contributed by atoms with E-state index < -0.39 is 6.04 Å². The molecular formula is C20H21N5OS. The molecule has 6 nitrogen and oxygen atoms in total. The Balaban J connectivity index is 2.27. The first-order valence-corrected chi connectivity index (χ1v) is 9.74. The molecule has 0 aliphatic rings. The largest absolute Gasteiger partial charge is 0.301 e. The third kappa shape index (κ3) is 3.99. The summed E-state index contributed by atoms with van der Waals surface area (Å²) < 4.78 is 0. The monoisotopic (exact) mass is 379 g/mol. The van der Waals surface area contributed by atoms with Gasteiger partial charge < -0.3 is 4.98 Å². The fourth-order valence-corrected chi connectivity index (χ4v) is 3.89. The number of nitrogens with one attached hydrogen (secondary N) is 1. The zero-order valence-electron chi connectivity index (χ0n) is 15.5. The molecule has 0 spiro atoms. The SMILES string of the molecule is CCc1c(C(N=[N+]=[N-])c2cccc3ccccc23)nc(SC(C)C)[nH]c1=O. The highest BCUT2D eigenvalue weighted by molar-refractivity contribution is 7.99. The number of thioether (sulfide) groups is 1. The summed E-state index contributed by atoms with van der Waals surface area (Å²) in [5, 5.41) is 6.89. The number of nitrogens with zero attached hydrogens (tertiary/aromatic N) is 4. The Morgan fingerprint density at radius 3 is 2.67 bits per heavy atom. The lowest BCUT2D eigenvalue weighted by atomic mass is 9.94. The van der Waals surface area contributed by atoms with Crippen LogP contribution >= 0.6 is 11.8 Å². The van der Waals surface area contributed by atoms with Crippen molar-refractivity contribution in [3.05, 3.63) is 80.1 Å². The van der Waals surface area contributed by atoms with Crippen LogP contribution in [-0.2, 0) is 6.42 Å². The molecule has 0 aliphatic heterocycles. The molecule has 1 aromatic heterocycles. The number of rotatable bonds is 6.